The Morgan fingerprint density at radius 3 is 2.85 bits per heavy atom. The maximum atomic E-state index is 13.8. The molecule has 2 rings (SSSR count). The molecule has 20 heavy (non-hydrogen) atoms. The van der Waals surface area contributed by atoms with Gasteiger partial charge in [-0.05, 0) is 46.2 Å². The Balaban J connectivity index is 2.53. The highest BCUT2D eigenvalue weighted by atomic mass is 79.9. The first kappa shape index (κ1) is 14.9. The maximum Gasteiger partial charge on any atom is 0.142 e. The van der Waals surface area contributed by atoms with Crippen molar-refractivity contribution < 1.29 is 9.13 Å². The molecule has 0 bridgehead atoms. The average Bonchev–Trinajstić information content (AvgIpc) is 2.48. The number of ether oxygens (including phenoxy) is 1. The molecule has 0 radical (unpaired) electrons. The third kappa shape index (κ3) is 2.99. The van der Waals surface area contributed by atoms with Crippen LogP contribution in [-0.4, -0.2) is 18.6 Å². The summed E-state index contributed by atoms with van der Waals surface area (Å²) in [5.41, 5.74) is 1.53. The largest absolute Gasteiger partial charge is 0.495 e. The number of halogens is 2. The summed E-state index contributed by atoms with van der Waals surface area (Å²) in [6.07, 6.45) is 1.70. The zero-order valence-electron chi connectivity index (χ0n) is 11.4. The lowest BCUT2D eigenvalue weighted by Crippen LogP contribution is -2.24. The van der Waals surface area contributed by atoms with Crippen molar-refractivity contribution in [1.82, 2.24) is 10.3 Å². The zero-order valence-corrected chi connectivity index (χ0v) is 12.9. The Labute approximate surface area is 126 Å². The normalized spacial score (nSPS) is 12.2. The number of methoxy groups -OCH3 is 1. The Kier molecular flexibility index (Phi) is 5.09. The molecule has 1 unspecified atom stereocenters. The highest BCUT2D eigenvalue weighted by molar-refractivity contribution is 9.10. The molecular formula is C15H16BrFN2O. The summed E-state index contributed by atoms with van der Waals surface area (Å²) >= 11 is 3.31. The molecule has 3 nitrogen and oxygen atoms in total. The van der Waals surface area contributed by atoms with Crippen molar-refractivity contribution in [3.8, 4) is 5.75 Å². The summed E-state index contributed by atoms with van der Waals surface area (Å²) in [6.45, 7) is 2.73. The van der Waals surface area contributed by atoms with Crippen LogP contribution < -0.4 is 10.1 Å². The van der Waals surface area contributed by atoms with Crippen LogP contribution in [0, 0.1) is 5.82 Å². The van der Waals surface area contributed by atoms with Crippen LogP contribution in [0.3, 0.4) is 0 Å². The lowest BCUT2D eigenvalue weighted by molar-refractivity contribution is 0.400. The minimum atomic E-state index is -0.291. The first-order valence-corrected chi connectivity index (χ1v) is 7.14. The van der Waals surface area contributed by atoms with Gasteiger partial charge in [0.25, 0.3) is 0 Å². The van der Waals surface area contributed by atoms with E-state index in [9.17, 15) is 4.39 Å². The van der Waals surface area contributed by atoms with Crippen molar-refractivity contribution in [1.29, 1.82) is 0 Å². The second kappa shape index (κ2) is 6.81. The van der Waals surface area contributed by atoms with E-state index in [4.69, 9.17) is 4.74 Å². The van der Waals surface area contributed by atoms with Crippen molar-refractivity contribution in [2.75, 3.05) is 13.7 Å². The average molecular weight is 339 g/mol. The molecule has 106 valence electrons. The lowest BCUT2D eigenvalue weighted by Gasteiger charge is -2.21. The molecule has 0 spiro atoms. The molecule has 0 fully saturated rings. The molecule has 0 saturated carbocycles. The number of nitrogens with zero attached hydrogens (tertiary/aromatic N) is 1. The molecule has 1 N–H and O–H groups in total. The second-order valence-electron chi connectivity index (χ2n) is 4.22. The van der Waals surface area contributed by atoms with Gasteiger partial charge in [0.15, 0.2) is 0 Å². The van der Waals surface area contributed by atoms with Crippen LogP contribution in [0.1, 0.15) is 24.2 Å². The van der Waals surface area contributed by atoms with Gasteiger partial charge >= 0.3 is 0 Å². The molecule has 1 aromatic heterocycles. The lowest BCUT2D eigenvalue weighted by atomic mass is 10.0. The van der Waals surface area contributed by atoms with Crippen molar-refractivity contribution in [2.24, 2.45) is 0 Å². The highest BCUT2D eigenvalue weighted by Crippen LogP contribution is 2.33. The number of nitrogens with one attached hydrogen (secondary N) is 1. The molecule has 0 aliphatic rings. The molecule has 1 atom stereocenters. The molecule has 1 heterocycles. The van der Waals surface area contributed by atoms with Gasteiger partial charge in [-0.25, -0.2) is 4.39 Å². The first-order chi connectivity index (χ1) is 9.69. The van der Waals surface area contributed by atoms with Gasteiger partial charge in [0.05, 0.1) is 17.6 Å². The SMILES string of the molecule is CCNC(c1cccc(F)c1Br)c1ncccc1OC. The fourth-order valence-corrected chi connectivity index (χ4v) is 2.59. The van der Waals surface area contributed by atoms with Gasteiger partial charge in [-0.1, -0.05) is 19.1 Å². The summed E-state index contributed by atoms with van der Waals surface area (Å²) < 4.78 is 19.5. The van der Waals surface area contributed by atoms with E-state index in [1.807, 2.05) is 25.1 Å². The van der Waals surface area contributed by atoms with Gasteiger partial charge in [0.2, 0.25) is 0 Å². The van der Waals surface area contributed by atoms with E-state index >= 15 is 0 Å². The van der Waals surface area contributed by atoms with Crippen LogP contribution in [0.25, 0.3) is 0 Å². The maximum absolute atomic E-state index is 13.8. The number of hydrogen-bond acceptors (Lipinski definition) is 3. The van der Waals surface area contributed by atoms with Gasteiger partial charge in [-0.3, -0.25) is 4.98 Å². The first-order valence-electron chi connectivity index (χ1n) is 6.35. The van der Waals surface area contributed by atoms with Crippen molar-refractivity contribution in [3.63, 3.8) is 0 Å². The number of rotatable bonds is 5. The van der Waals surface area contributed by atoms with Crippen LogP contribution in [0.2, 0.25) is 0 Å². The van der Waals surface area contributed by atoms with Crippen molar-refractivity contribution in [3.05, 3.63) is 58.1 Å². The Bertz CT molecular complexity index is 592. The second-order valence-corrected chi connectivity index (χ2v) is 5.02. The third-order valence-corrected chi connectivity index (χ3v) is 3.83. The number of hydrogen-bond donors (Lipinski definition) is 1. The van der Waals surface area contributed by atoms with Gasteiger partial charge in [0.1, 0.15) is 17.3 Å². The molecule has 1 aromatic carbocycles. The van der Waals surface area contributed by atoms with E-state index in [0.29, 0.717) is 10.2 Å². The molecule has 5 heteroatoms. The minimum absolute atomic E-state index is 0.235. The molecular weight excluding hydrogens is 323 g/mol. The minimum Gasteiger partial charge on any atom is -0.495 e. The van der Waals surface area contributed by atoms with Crippen LogP contribution >= 0.6 is 15.9 Å². The van der Waals surface area contributed by atoms with Crippen LogP contribution in [0.5, 0.6) is 5.75 Å². The summed E-state index contributed by atoms with van der Waals surface area (Å²) in [5.74, 6) is 0.384. The molecule has 0 amide bonds. The summed E-state index contributed by atoms with van der Waals surface area (Å²) in [7, 11) is 1.60. The predicted molar refractivity (Wildman–Crippen MR) is 80.4 cm³/mol. The molecule has 2 aromatic rings. The number of pyridine rings is 1. The zero-order chi connectivity index (χ0) is 14.5. The molecule has 0 aliphatic heterocycles. The highest BCUT2D eigenvalue weighted by Gasteiger charge is 2.22. The van der Waals surface area contributed by atoms with E-state index in [0.717, 1.165) is 17.8 Å². The van der Waals surface area contributed by atoms with E-state index in [-0.39, 0.29) is 11.9 Å². The fraction of sp³-hybridized carbons (Fsp3) is 0.267. The van der Waals surface area contributed by atoms with E-state index in [2.05, 4.69) is 26.2 Å². The third-order valence-electron chi connectivity index (χ3n) is 2.99. The smallest absolute Gasteiger partial charge is 0.142 e. The Morgan fingerprint density at radius 2 is 2.15 bits per heavy atom. The van der Waals surface area contributed by atoms with Gasteiger partial charge in [0, 0.05) is 6.20 Å². The van der Waals surface area contributed by atoms with Gasteiger partial charge < -0.3 is 10.1 Å². The Morgan fingerprint density at radius 1 is 1.35 bits per heavy atom. The monoisotopic (exact) mass is 338 g/mol. The van der Waals surface area contributed by atoms with E-state index in [1.54, 1.807) is 19.4 Å². The van der Waals surface area contributed by atoms with E-state index < -0.39 is 0 Å². The van der Waals surface area contributed by atoms with Crippen molar-refractivity contribution >= 4 is 15.9 Å². The van der Waals surface area contributed by atoms with Crippen LogP contribution in [-0.2, 0) is 0 Å². The van der Waals surface area contributed by atoms with Crippen molar-refractivity contribution in [2.45, 2.75) is 13.0 Å². The van der Waals surface area contributed by atoms with Gasteiger partial charge in [-0.2, -0.15) is 0 Å². The predicted octanol–water partition coefficient (Wildman–Crippen LogP) is 3.69. The van der Waals surface area contributed by atoms with Crippen LogP contribution in [0.4, 0.5) is 4.39 Å². The fourth-order valence-electron chi connectivity index (χ4n) is 2.09. The number of benzene rings is 1. The topological polar surface area (TPSA) is 34.2 Å². The van der Waals surface area contributed by atoms with E-state index in [1.165, 1.54) is 6.07 Å². The van der Waals surface area contributed by atoms with Gasteiger partial charge in [-0.15, -0.1) is 0 Å². The summed E-state index contributed by atoms with van der Waals surface area (Å²) in [6, 6.07) is 8.41. The summed E-state index contributed by atoms with van der Waals surface area (Å²) in [5, 5.41) is 3.32. The van der Waals surface area contributed by atoms with Crippen LogP contribution in [0.15, 0.2) is 41.0 Å². The number of aromatic nitrogens is 1. The standard InChI is InChI=1S/C15H16BrFN2O/c1-3-18-14(10-6-4-7-11(17)13(10)16)15-12(20-2)8-5-9-19-15/h4-9,14,18H,3H2,1-2H3. The quantitative estimate of drug-likeness (QED) is 0.902. The Hall–Kier alpha value is -1.46. The molecule has 0 aliphatic carbocycles. The molecule has 0 saturated heterocycles. The summed E-state index contributed by atoms with van der Waals surface area (Å²) in [4.78, 5) is 4.38.